The summed E-state index contributed by atoms with van der Waals surface area (Å²) < 4.78 is 0. The Labute approximate surface area is 127 Å². The van der Waals surface area contributed by atoms with Crippen molar-refractivity contribution in [2.45, 2.75) is 85.7 Å². The Morgan fingerprint density at radius 1 is 1.20 bits per heavy atom. The van der Waals surface area contributed by atoms with E-state index in [1.54, 1.807) is 0 Å². The van der Waals surface area contributed by atoms with E-state index >= 15 is 0 Å². The zero-order chi connectivity index (χ0) is 15.4. The van der Waals surface area contributed by atoms with Gasteiger partial charge >= 0.3 is 0 Å². The Hall–Kier alpha value is -0.0800. The highest BCUT2D eigenvalue weighted by Crippen LogP contribution is 2.32. The van der Waals surface area contributed by atoms with Crippen LogP contribution in [0.2, 0.25) is 0 Å². The maximum absolute atomic E-state index is 3.84. The molecule has 1 N–H and O–H groups in total. The van der Waals surface area contributed by atoms with Crippen LogP contribution in [0.3, 0.4) is 0 Å². The fourth-order valence-corrected chi connectivity index (χ4v) is 3.45. The standard InChI is InChI=1S/C18H38N2/c1-8-18(9-2)14-19-16(17(5,6)7)13-20(18)12-10-11-15(3)4/h15-16,19H,8-14H2,1-7H3. The van der Waals surface area contributed by atoms with E-state index in [4.69, 9.17) is 0 Å². The van der Waals surface area contributed by atoms with Crippen LogP contribution in [0.15, 0.2) is 0 Å². The molecule has 0 aromatic heterocycles. The molecule has 1 aliphatic rings. The second-order valence-corrected chi connectivity index (χ2v) is 8.21. The van der Waals surface area contributed by atoms with E-state index in [1.165, 1.54) is 38.8 Å². The second kappa shape index (κ2) is 7.26. The molecule has 0 radical (unpaired) electrons. The third-order valence-corrected chi connectivity index (χ3v) is 5.32. The van der Waals surface area contributed by atoms with Crippen LogP contribution in [0, 0.1) is 11.3 Å². The molecule has 20 heavy (non-hydrogen) atoms. The van der Waals surface area contributed by atoms with Crippen molar-refractivity contribution in [2.75, 3.05) is 19.6 Å². The highest BCUT2D eigenvalue weighted by atomic mass is 15.3. The number of nitrogens with one attached hydrogen (secondary N) is 1. The molecule has 0 saturated carbocycles. The monoisotopic (exact) mass is 282 g/mol. The number of hydrogen-bond acceptors (Lipinski definition) is 2. The lowest BCUT2D eigenvalue weighted by molar-refractivity contribution is 0.00620. The molecule has 1 aliphatic heterocycles. The van der Waals surface area contributed by atoms with Crippen molar-refractivity contribution in [1.29, 1.82) is 0 Å². The predicted octanol–water partition coefficient (Wildman–Crippen LogP) is 4.30. The zero-order valence-electron chi connectivity index (χ0n) is 15.1. The van der Waals surface area contributed by atoms with E-state index in [2.05, 4.69) is 58.7 Å². The molecule has 0 aliphatic carbocycles. The molecule has 0 bridgehead atoms. The first-order valence-electron chi connectivity index (χ1n) is 8.73. The molecule has 0 aromatic rings. The topological polar surface area (TPSA) is 15.3 Å². The Balaban J connectivity index is 2.73. The third-order valence-electron chi connectivity index (χ3n) is 5.32. The van der Waals surface area contributed by atoms with Crippen LogP contribution in [-0.2, 0) is 0 Å². The Morgan fingerprint density at radius 3 is 2.25 bits per heavy atom. The summed E-state index contributed by atoms with van der Waals surface area (Å²) in [7, 11) is 0. The Bertz CT molecular complexity index is 274. The number of hydrogen-bond donors (Lipinski definition) is 1. The van der Waals surface area contributed by atoms with Crippen LogP contribution in [0.5, 0.6) is 0 Å². The van der Waals surface area contributed by atoms with Crippen molar-refractivity contribution >= 4 is 0 Å². The number of rotatable bonds is 6. The van der Waals surface area contributed by atoms with Crippen molar-refractivity contribution in [1.82, 2.24) is 10.2 Å². The van der Waals surface area contributed by atoms with Crippen LogP contribution in [-0.4, -0.2) is 36.1 Å². The minimum atomic E-state index is 0.351. The molecule has 120 valence electrons. The molecule has 1 rings (SSSR count). The van der Waals surface area contributed by atoms with Gasteiger partial charge in [0.1, 0.15) is 0 Å². The average molecular weight is 283 g/mol. The van der Waals surface area contributed by atoms with Crippen molar-refractivity contribution < 1.29 is 0 Å². The van der Waals surface area contributed by atoms with Crippen LogP contribution >= 0.6 is 0 Å². The van der Waals surface area contributed by atoms with Gasteiger partial charge in [0, 0.05) is 24.7 Å². The highest BCUT2D eigenvalue weighted by Gasteiger charge is 2.41. The summed E-state index contributed by atoms with van der Waals surface area (Å²) in [6.07, 6.45) is 5.22. The van der Waals surface area contributed by atoms with Gasteiger partial charge in [-0.2, -0.15) is 0 Å². The minimum Gasteiger partial charge on any atom is -0.310 e. The van der Waals surface area contributed by atoms with Crippen LogP contribution in [0.1, 0.15) is 74.1 Å². The fourth-order valence-electron chi connectivity index (χ4n) is 3.45. The second-order valence-electron chi connectivity index (χ2n) is 8.21. The first kappa shape index (κ1) is 18.0. The van der Waals surface area contributed by atoms with Crippen molar-refractivity contribution in [2.24, 2.45) is 11.3 Å². The normalized spacial score (nSPS) is 24.3. The maximum Gasteiger partial charge on any atom is 0.0329 e. The molecule has 2 nitrogen and oxygen atoms in total. The SMILES string of the molecule is CCC1(CC)CNC(C(C)(C)C)CN1CCCC(C)C. The van der Waals surface area contributed by atoms with Gasteiger partial charge in [0.25, 0.3) is 0 Å². The number of piperazine rings is 1. The van der Waals surface area contributed by atoms with Crippen LogP contribution < -0.4 is 5.32 Å². The van der Waals surface area contributed by atoms with Crippen molar-refractivity contribution in [3.63, 3.8) is 0 Å². The molecule has 0 aromatic carbocycles. The lowest BCUT2D eigenvalue weighted by Gasteiger charge is -2.52. The summed E-state index contributed by atoms with van der Waals surface area (Å²) in [6.45, 7) is 20.1. The van der Waals surface area contributed by atoms with E-state index in [9.17, 15) is 0 Å². The molecule has 0 spiro atoms. The first-order chi connectivity index (χ1) is 9.25. The third kappa shape index (κ3) is 4.46. The van der Waals surface area contributed by atoms with E-state index in [1.807, 2.05) is 0 Å². The summed E-state index contributed by atoms with van der Waals surface area (Å²) in [5.41, 5.74) is 0.739. The van der Waals surface area contributed by atoms with Crippen LogP contribution in [0.4, 0.5) is 0 Å². The van der Waals surface area contributed by atoms with E-state index in [0.29, 0.717) is 17.0 Å². The van der Waals surface area contributed by atoms with Gasteiger partial charge in [-0.25, -0.2) is 0 Å². The molecule has 1 atom stereocenters. The summed E-state index contributed by atoms with van der Waals surface area (Å²) in [6, 6.07) is 0.618. The maximum atomic E-state index is 3.84. The lowest BCUT2D eigenvalue weighted by Crippen LogP contribution is -2.66. The summed E-state index contributed by atoms with van der Waals surface area (Å²) in [5.74, 6) is 0.828. The summed E-state index contributed by atoms with van der Waals surface area (Å²) >= 11 is 0. The fraction of sp³-hybridized carbons (Fsp3) is 1.00. The van der Waals surface area contributed by atoms with Gasteiger partial charge in [-0.3, -0.25) is 4.90 Å². The van der Waals surface area contributed by atoms with Gasteiger partial charge in [0.05, 0.1) is 0 Å². The molecule has 0 amide bonds. The van der Waals surface area contributed by atoms with Gasteiger partial charge in [-0.05, 0) is 43.6 Å². The van der Waals surface area contributed by atoms with Crippen molar-refractivity contribution in [3.8, 4) is 0 Å². The largest absolute Gasteiger partial charge is 0.310 e. The van der Waals surface area contributed by atoms with Gasteiger partial charge in [0.2, 0.25) is 0 Å². The molecule has 1 heterocycles. The molecule has 1 fully saturated rings. The smallest absolute Gasteiger partial charge is 0.0329 e. The van der Waals surface area contributed by atoms with Gasteiger partial charge in [-0.1, -0.05) is 48.5 Å². The summed E-state index contributed by atoms with van der Waals surface area (Å²) in [5, 5.41) is 3.84. The minimum absolute atomic E-state index is 0.351. The van der Waals surface area contributed by atoms with E-state index in [0.717, 1.165) is 12.5 Å². The predicted molar refractivity (Wildman–Crippen MR) is 90.2 cm³/mol. The van der Waals surface area contributed by atoms with Gasteiger partial charge in [0.15, 0.2) is 0 Å². The molecule has 2 heteroatoms. The quantitative estimate of drug-likeness (QED) is 0.781. The molecular formula is C18H38N2. The molecule has 1 saturated heterocycles. The summed E-state index contributed by atoms with van der Waals surface area (Å²) in [4.78, 5) is 2.81. The van der Waals surface area contributed by atoms with E-state index in [-0.39, 0.29) is 0 Å². The lowest BCUT2D eigenvalue weighted by atomic mass is 9.80. The first-order valence-corrected chi connectivity index (χ1v) is 8.73. The Kier molecular flexibility index (Phi) is 6.53. The van der Waals surface area contributed by atoms with Crippen molar-refractivity contribution in [3.05, 3.63) is 0 Å². The molecule has 1 unspecified atom stereocenters. The molecular weight excluding hydrogens is 244 g/mol. The van der Waals surface area contributed by atoms with Crippen LogP contribution in [0.25, 0.3) is 0 Å². The average Bonchev–Trinajstić information content (AvgIpc) is 2.37. The van der Waals surface area contributed by atoms with E-state index < -0.39 is 0 Å². The zero-order valence-corrected chi connectivity index (χ0v) is 15.1. The Morgan fingerprint density at radius 2 is 1.80 bits per heavy atom. The van der Waals surface area contributed by atoms with Gasteiger partial charge in [-0.15, -0.1) is 0 Å². The number of nitrogens with zero attached hydrogens (tertiary/aromatic N) is 1. The highest BCUT2D eigenvalue weighted by molar-refractivity contribution is 5.00. The van der Waals surface area contributed by atoms with Gasteiger partial charge < -0.3 is 5.32 Å².